The van der Waals surface area contributed by atoms with Crippen molar-refractivity contribution in [2.45, 2.75) is 25.3 Å². The van der Waals surface area contributed by atoms with Crippen LogP contribution in [0, 0.1) is 11.8 Å². The molecule has 0 aromatic heterocycles. The number of benzene rings is 1. The van der Waals surface area contributed by atoms with Crippen molar-refractivity contribution in [1.29, 1.82) is 0 Å². The minimum absolute atomic E-state index is 0.0144. The van der Waals surface area contributed by atoms with Crippen LogP contribution >= 0.6 is 11.6 Å². The van der Waals surface area contributed by atoms with E-state index >= 15 is 0 Å². The Morgan fingerprint density at radius 2 is 2.19 bits per heavy atom. The van der Waals surface area contributed by atoms with Crippen molar-refractivity contribution in [2.24, 2.45) is 0 Å². The van der Waals surface area contributed by atoms with Crippen molar-refractivity contribution in [3.63, 3.8) is 0 Å². The number of hydrogen-bond acceptors (Lipinski definition) is 3. The zero-order valence-electron chi connectivity index (χ0n) is 11.7. The lowest BCUT2D eigenvalue weighted by atomic mass is 10.0. The van der Waals surface area contributed by atoms with Crippen LogP contribution in [0.2, 0.25) is 5.02 Å². The summed E-state index contributed by atoms with van der Waals surface area (Å²) in [6.07, 6.45) is 2.82. The Morgan fingerprint density at radius 3 is 2.86 bits per heavy atom. The average molecular weight is 308 g/mol. The van der Waals surface area contributed by atoms with Crippen LogP contribution < -0.4 is 0 Å². The number of nitrogens with zero attached hydrogens (tertiary/aromatic N) is 1. The number of likely N-dealkylation sites (tertiary alicyclic amines) is 1. The Balaban J connectivity index is 2.21. The summed E-state index contributed by atoms with van der Waals surface area (Å²) in [4.78, 5) is 14.2. The number of rotatable bonds is 2. The standard InChI is InChI=1S/C16H18ClNO3/c17-15-10-13(7-6-12(15)4-3-9-19)16(21)18-8-2-1-5-14(18)11-20/h6-7,10,14,19-20H,1-2,5,8-9,11H2. The molecule has 5 heteroatoms. The molecule has 1 fully saturated rings. The molecule has 0 saturated carbocycles. The maximum absolute atomic E-state index is 12.5. The Kier molecular flexibility index (Phi) is 5.63. The van der Waals surface area contributed by atoms with Gasteiger partial charge >= 0.3 is 0 Å². The fourth-order valence-electron chi connectivity index (χ4n) is 2.51. The average Bonchev–Trinajstić information content (AvgIpc) is 2.53. The maximum Gasteiger partial charge on any atom is 0.254 e. The monoisotopic (exact) mass is 307 g/mol. The highest BCUT2D eigenvalue weighted by atomic mass is 35.5. The number of hydrogen-bond donors (Lipinski definition) is 2. The highest BCUT2D eigenvalue weighted by molar-refractivity contribution is 6.32. The van der Waals surface area contributed by atoms with E-state index in [2.05, 4.69) is 11.8 Å². The number of piperidine rings is 1. The molecule has 0 spiro atoms. The molecule has 1 aromatic carbocycles. The number of amides is 1. The zero-order chi connectivity index (χ0) is 15.2. The molecule has 112 valence electrons. The van der Waals surface area contributed by atoms with Crippen LogP contribution in [-0.4, -0.2) is 46.8 Å². The van der Waals surface area contributed by atoms with Gasteiger partial charge in [-0.3, -0.25) is 4.79 Å². The number of aliphatic hydroxyl groups is 2. The van der Waals surface area contributed by atoms with Gasteiger partial charge in [0.25, 0.3) is 5.91 Å². The SMILES string of the molecule is O=C(c1ccc(C#CCO)c(Cl)c1)N1CCCCC1CO. The fourth-order valence-corrected chi connectivity index (χ4v) is 2.74. The normalized spacial score (nSPS) is 18.0. The van der Waals surface area contributed by atoms with Gasteiger partial charge in [0.05, 0.1) is 17.7 Å². The quantitative estimate of drug-likeness (QED) is 0.817. The summed E-state index contributed by atoms with van der Waals surface area (Å²) in [5, 5.41) is 18.5. The van der Waals surface area contributed by atoms with E-state index in [9.17, 15) is 9.90 Å². The van der Waals surface area contributed by atoms with Gasteiger partial charge in [0.1, 0.15) is 6.61 Å². The Labute approximate surface area is 129 Å². The second-order valence-electron chi connectivity index (χ2n) is 4.99. The van der Waals surface area contributed by atoms with Gasteiger partial charge in [-0.05, 0) is 37.5 Å². The molecule has 1 aliphatic rings. The van der Waals surface area contributed by atoms with Gasteiger partial charge in [0.2, 0.25) is 0 Å². The molecule has 1 aliphatic heterocycles. The van der Waals surface area contributed by atoms with Gasteiger partial charge in [-0.15, -0.1) is 0 Å². The molecule has 21 heavy (non-hydrogen) atoms. The number of halogens is 1. The third kappa shape index (κ3) is 3.76. The summed E-state index contributed by atoms with van der Waals surface area (Å²) in [6, 6.07) is 4.84. The largest absolute Gasteiger partial charge is 0.394 e. The third-order valence-electron chi connectivity index (χ3n) is 3.62. The minimum Gasteiger partial charge on any atom is -0.394 e. The highest BCUT2D eigenvalue weighted by Crippen LogP contribution is 2.22. The van der Waals surface area contributed by atoms with E-state index in [1.807, 2.05) is 0 Å². The molecular weight excluding hydrogens is 290 g/mol. The fraction of sp³-hybridized carbons (Fsp3) is 0.438. The second-order valence-corrected chi connectivity index (χ2v) is 5.39. The molecular formula is C16H18ClNO3. The lowest BCUT2D eigenvalue weighted by Gasteiger charge is -2.34. The molecule has 1 amide bonds. The molecule has 1 atom stereocenters. The van der Waals surface area contributed by atoms with E-state index in [1.165, 1.54) is 0 Å². The van der Waals surface area contributed by atoms with Crippen molar-refractivity contribution in [3.8, 4) is 11.8 Å². The van der Waals surface area contributed by atoms with Crippen LogP contribution in [0.5, 0.6) is 0 Å². The van der Waals surface area contributed by atoms with Crippen LogP contribution in [0.1, 0.15) is 35.2 Å². The van der Waals surface area contributed by atoms with Crippen molar-refractivity contribution < 1.29 is 15.0 Å². The van der Waals surface area contributed by atoms with Crippen LogP contribution in [0.4, 0.5) is 0 Å². The first-order valence-electron chi connectivity index (χ1n) is 6.98. The van der Waals surface area contributed by atoms with Crippen molar-refractivity contribution in [1.82, 2.24) is 4.90 Å². The zero-order valence-corrected chi connectivity index (χ0v) is 12.4. The van der Waals surface area contributed by atoms with Gasteiger partial charge in [0.15, 0.2) is 0 Å². The van der Waals surface area contributed by atoms with E-state index in [4.69, 9.17) is 16.7 Å². The number of aliphatic hydroxyl groups excluding tert-OH is 2. The minimum atomic E-state index is -0.233. The predicted molar refractivity (Wildman–Crippen MR) is 81.2 cm³/mol. The summed E-state index contributed by atoms with van der Waals surface area (Å²) < 4.78 is 0. The lowest BCUT2D eigenvalue weighted by Crippen LogP contribution is -2.45. The predicted octanol–water partition coefficient (Wildman–Crippen LogP) is 1.67. The third-order valence-corrected chi connectivity index (χ3v) is 3.93. The summed E-state index contributed by atoms with van der Waals surface area (Å²) in [5.74, 6) is 5.14. The molecule has 0 bridgehead atoms. The summed E-state index contributed by atoms with van der Waals surface area (Å²) >= 11 is 6.11. The van der Waals surface area contributed by atoms with E-state index in [1.54, 1.807) is 23.1 Å². The number of carbonyl (C=O) groups is 1. The van der Waals surface area contributed by atoms with Gasteiger partial charge in [-0.2, -0.15) is 0 Å². The van der Waals surface area contributed by atoms with E-state index in [0.717, 1.165) is 19.3 Å². The van der Waals surface area contributed by atoms with Crippen molar-refractivity contribution >= 4 is 17.5 Å². The molecule has 1 heterocycles. The van der Waals surface area contributed by atoms with Crippen LogP contribution in [0.3, 0.4) is 0 Å². The Morgan fingerprint density at radius 1 is 1.38 bits per heavy atom. The summed E-state index contributed by atoms with van der Waals surface area (Å²) in [7, 11) is 0. The van der Waals surface area contributed by atoms with E-state index in [-0.39, 0.29) is 25.2 Å². The van der Waals surface area contributed by atoms with Crippen LogP contribution in [0.25, 0.3) is 0 Å². The van der Waals surface area contributed by atoms with Crippen molar-refractivity contribution in [2.75, 3.05) is 19.8 Å². The van der Waals surface area contributed by atoms with E-state index < -0.39 is 0 Å². The Hall–Kier alpha value is -1.54. The molecule has 1 unspecified atom stereocenters. The topological polar surface area (TPSA) is 60.8 Å². The highest BCUT2D eigenvalue weighted by Gasteiger charge is 2.27. The van der Waals surface area contributed by atoms with Gasteiger partial charge in [0, 0.05) is 17.7 Å². The van der Waals surface area contributed by atoms with Crippen LogP contribution in [0.15, 0.2) is 18.2 Å². The maximum atomic E-state index is 12.5. The molecule has 1 saturated heterocycles. The van der Waals surface area contributed by atoms with Gasteiger partial charge in [-0.25, -0.2) is 0 Å². The molecule has 4 nitrogen and oxygen atoms in total. The smallest absolute Gasteiger partial charge is 0.254 e. The Bertz CT molecular complexity index is 577. The molecule has 1 aromatic rings. The molecule has 0 aliphatic carbocycles. The first kappa shape index (κ1) is 15.8. The second kappa shape index (κ2) is 7.46. The summed E-state index contributed by atoms with van der Waals surface area (Å²) in [6.45, 7) is 0.413. The molecule has 0 radical (unpaired) electrons. The molecule has 2 rings (SSSR count). The van der Waals surface area contributed by atoms with Crippen molar-refractivity contribution in [3.05, 3.63) is 34.3 Å². The lowest BCUT2D eigenvalue weighted by molar-refractivity contribution is 0.0503. The molecule has 2 N–H and O–H groups in total. The first-order valence-corrected chi connectivity index (χ1v) is 7.36. The summed E-state index contributed by atoms with van der Waals surface area (Å²) in [5.41, 5.74) is 1.08. The van der Waals surface area contributed by atoms with Gasteiger partial charge in [-0.1, -0.05) is 23.4 Å². The first-order chi connectivity index (χ1) is 10.2. The van der Waals surface area contributed by atoms with Gasteiger partial charge < -0.3 is 15.1 Å². The van der Waals surface area contributed by atoms with E-state index in [0.29, 0.717) is 22.7 Å². The number of carbonyl (C=O) groups excluding carboxylic acids is 1. The van der Waals surface area contributed by atoms with Crippen LogP contribution in [-0.2, 0) is 0 Å².